The van der Waals surface area contributed by atoms with Crippen LogP contribution in [0.15, 0.2) is 77.7 Å². The first-order valence-corrected chi connectivity index (χ1v) is 11.0. The molecule has 3 rings (SSSR count). The number of amides is 1. The maximum atomic E-state index is 13.3. The summed E-state index contributed by atoms with van der Waals surface area (Å²) in [5.41, 5.74) is 0.493. The highest BCUT2D eigenvalue weighted by Crippen LogP contribution is 2.31. The third kappa shape index (κ3) is 4.87. The van der Waals surface area contributed by atoms with Crippen molar-refractivity contribution in [2.75, 3.05) is 23.3 Å². The van der Waals surface area contributed by atoms with Gasteiger partial charge < -0.3 is 10.1 Å². The van der Waals surface area contributed by atoms with Gasteiger partial charge in [-0.05, 0) is 36.4 Å². The number of halogens is 2. The van der Waals surface area contributed by atoms with Crippen molar-refractivity contribution in [2.24, 2.45) is 0 Å². The molecule has 0 aliphatic carbocycles. The van der Waals surface area contributed by atoms with Gasteiger partial charge in [0.15, 0.2) is 0 Å². The van der Waals surface area contributed by atoms with Crippen LogP contribution >= 0.6 is 23.2 Å². The van der Waals surface area contributed by atoms with Crippen LogP contribution in [0.2, 0.25) is 10.0 Å². The van der Waals surface area contributed by atoms with Gasteiger partial charge in [0, 0.05) is 6.07 Å². The van der Waals surface area contributed by atoms with Gasteiger partial charge in [0.25, 0.3) is 10.0 Å². The number of anilines is 2. The lowest BCUT2D eigenvalue weighted by atomic mass is 10.3. The summed E-state index contributed by atoms with van der Waals surface area (Å²) in [6.07, 6.45) is 0. The number of para-hydroxylation sites is 1. The van der Waals surface area contributed by atoms with Crippen LogP contribution in [0.4, 0.5) is 11.4 Å². The average Bonchev–Trinajstić information content (AvgIpc) is 2.75. The minimum absolute atomic E-state index is 0.0522. The molecule has 0 aliphatic rings. The molecule has 156 valence electrons. The lowest BCUT2D eigenvalue weighted by molar-refractivity contribution is -0.114. The molecule has 0 saturated carbocycles. The van der Waals surface area contributed by atoms with E-state index >= 15 is 0 Å². The van der Waals surface area contributed by atoms with Crippen molar-refractivity contribution in [3.63, 3.8) is 0 Å². The first kappa shape index (κ1) is 22.0. The average molecular weight is 465 g/mol. The Hall–Kier alpha value is -2.74. The molecule has 3 aromatic rings. The zero-order valence-corrected chi connectivity index (χ0v) is 18.2. The van der Waals surface area contributed by atoms with E-state index in [2.05, 4.69) is 5.32 Å². The predicted octanol–water partition coefficient (Wildman–Crippen LogP) is 4.84. The van der Waals surface area contributed by atoms with E-state index in [1.807, 2.05) is 0 Å². The zero-order valence-electron chi connectivity index (χ0n) is 15.9. The van der Waals surface area contributed by atoms with Crippen LogP contribution in [0, 0.1) is 0 Å². The van der Waals surface area contributed by atoms with Gasteiger partial charge in [-0.15, -0.1) is 0 Å². The second-order valence-electron chi connectivity index (χ2n) is 6.17. The van der Waals surface area contributed by atoms with Gasteiger partial charge in [-0.25, -0.2) is 8.42 Å². The second kappa shape index (κ2) is 9.38. The molecule has 30 heavy (non-hydrogen) atoms. The minimum Gasteiger partial charge on any atom is -0.497 e. The van der Waals surface area contributed by atoms with E-state index in [0.717, 1.165) is 4.31 Å². The van der Waals surface area contributed by atoms with Crippen LogP contribution in [-0.4, -0.2) is 28.0 Å². The topological polar surface area (TPSA) is 75.7 Å². The highest BCUT2D eigenvalue weighted by atomic mass is 35.5. The molecule has 3 aromatic carbocycles. The Bertz CT molecular complexity index is 1130. The van der Waals surface area contributed by atoms with E-state index in [1.165, 1.54) is 25.3 Å². The Morgan fingerprint density at radius 3 is 2.23 bits per heavy atom. The van der Waals surface area contributed by atoms with Crippen LogP contribution in [0.1, 0.15) is 0 Å². The van der Waals surface area contributed by atoms with Crippen LogP contribution < -0.4 is 14.4 Å². The van der Waals surface area contributed by atoms with Gasteiger partial charge in [-0.1, -0.05) is 53.5 Å². The molecule has 0 unspecified atom stereocenters. The summed E-state index contributed by atoms with van der Waals surface area (Å²) in [6, 6.07) is 19.1. The molecule has 0 saturated heterocycles. The van der Waals surface area contributed by atoms with E-state index in [0.29, 0.717) is 5.75 Å². The quantitative estimate of drug-likeness (QED) is 0.542. The molecular formula is C21H18Cl2N2O4S. The largest absolute Gasteiger partial charge is 0.497 e. The zero-order chi connectivity index (χ0) is 21.7. The monoisotopic (exact) mass is 464 g/mol. The normalized spacial score (nSPS) is 11.0. The molecule has 0 heterocycles. The number of nitrogens with zero attached hydrogens (tertiary/aromatic N) is 1. The fourth-order valence-corrected chi connectivity index (χ4v) is 4.65. The Morgan fingerprint density at radius 1 is 0.967 bits per heavy atom. The van der Waals surface area contributed by atoms with E-state index in [1.54, 1.807) is 54.6 Å². The number of methoxy groups -OCH3 is 1. The SMILES string of the molecule is COc1cccc(N(CC(=O)Nc2c(Cl)cccc2Cl)S(=O)(=O)c2ccccc2)c1. The number of carbonyl (C=O) groups excluding carboxylic acids is 1. The van der Waals surface area contributed by atoms with Crippen LogP contribution in [0.3, 0.4) is 0 Å². The molecule has 0 aromatic heterocycles. The third-order valence-electron chi connectivity index (χ3n) is 4.19. The standard InChI is InChI=1S/C21H18Cl2N2O4S/c1-29-16-8-5-7-15(13-16)25(30(27,28)17-9-3-2-4-10-17)14-20(26)24-21-18(22)11-6-12-19(21)23/h2-13H,14H2,1H3,(H,24,26). The Labute approximate surface area is 185 Å². The number of hydrogen-bond acceptors (Lipinski definition) is 4. The fraction of sp³-hybridized carbons (Fsp3) is 0.0952. The maximum absolute atomic E-state index is 13.3. The number of benzene rings is 3. The van der Waals surface area contributed by atoms with Crippen molar-refractivity contribution in [3.8, 4) is 5.75 Å². The highest BCUT2D eigenvalue weighted by molar-refractivity contribution is 7.92. The Balaban J connectivity index is 1.98. The lowest BCUT2D eigenvalue weighted by Gasteiger charge is -2.24. The molecule has 0 radical (unpaired) electrons. The van der Waals surface area contributed by atoms with E-state index < -0.39 is 22.5 Å². The highest BCUT2D eigenvalue weighted by Gasteiger charge is 2.27. The van der Waals surface area contributed by atoms with Crippen molar-refractivity contribution >= 4 is 50.5 Å². The summed E-state index contributed by atoms with van der Waals surface area (Å²) in [7, 11) is -2.56. The third-order valence-corrected chi connectivity index (χ3v) is 6.60. The Kier molecular flexibility index (Phi) is 6.87. The lowest BCUT2D eigenvalue weighted by Crippen LogP contribution is -2.38. The molecule has 0 fully saturated rings. The van der Waals surface area contributed by atoms with Gasteiger partial charge in [-0.2, -0.15) is 0 Å². The van der Waals surface area contributed by atoms with Gasteiger partial charge in [0.05, 0.1) is 33.4 Å². The molecule has 9 heteroatoms. The number of rotatable bonds is 7. The number of sulfonamides is 1. The summed E-state index contributed by atoms with van der Waals surface area (Å²) < 4.78 is 32.8. The van der Waals surface area contributed by atoms with Crippen molar-refractivity contribution < 1.29 is 17.9 Å². The van der Waals surface area contributed by atoms with Crippen LogP contribution in [0.5, 0.6) is 5.75 Å². The molecule has 0 atom stereocenters. The minimum atomic E-state index is -4.04. The van der Waals surface area contributed by atoms with Gasteiger partial charge in [0.2, 0.25) is 5.91 Å². The van der Waals surface area contributed by atoms with Crippen molar-refractivity contribution in [1.82, 2.24) is 0 Å². The van der Waals surface area contributed by atoms with Gasteiger partial charge >= 0.3 is 0 Å². The number of hydrogen-bond donors (Lipinski definition) is 1. The molecule has 6 nitrogen and oxygen atoms in total. The molecule has 0 aliphatic heterocycles. The number of ether oxygens (including phenoxy) is 1. The molecule has 0 spiro atoms. The molecular weight excluding hydrogens is 447 g/mol. The van der Waals surface area contributed by atoms with Crippen molar-refractivity contribution in [2.45, 2.75) is 4.90 Å². The van der Waals surface area contributed by atoms with E-state index in [-0.39, 0.29) is 26.3 Å². The Morgan fingerprint density at radius 2 is 1.60 bits per heavy atom. The summed E-state index contributed by atoms with van der Waals surface area (Å²) in [4.78, 5) is 12.8. The second-order valence-corrected chi connectivity index (χ2v) is 8.85. The van der Waals surface area contributed by atoms with E-state index in [9.17, 15) is 13.2 Å². The first-order valence-electron chi connectivity index (χ1n) is 8.78. The van der Waals surface area contributed by atoms with Gasteiger partial charge in [-0.3, -0.25) is 9.10 Å². The first-order chi connectivity index (χ1) is 14.3. The van der Waals surface area contributed by atoms with Crippen molar-refractivity contribution in [1.29, 1.82) is 0 Å². The summed E-state index contributed by atoms with van der Waals surface area (Å²) >= 11 is 12.2. The van der Waals surface area contributed by atoms with Crippen molar-refractivity contribution in [3.05, 3.63) is 82.8 Å². The smallest absolute Gasteiger partial charge is 0.264 e. The fourth-order valence-electron chi connectivity index (χ4n) is 2.73. The van der Waals surface area contributed by atoms with E-state index in [4.69, 9.17) is 27.9 Å². The summed E-state index contributed by atoms with van der Waals surface area (Å²) in [5.74, 6) is -0.150. The number of nitrogens with one attached hydrogen (secondary N) is 1. The number of carbonyl (C=O) groups is 1. The predicted molar refractivity (Wildman–Crippen MR) is 119 cm³/mol. The molecule has 0 bridgehead atoms. The van der Waals surface area contributed by atoms with Crippen LogP contribution in [-0.2, 0) is 14.8 Å². The summed E-state index contributed by atoms with van der Waals surface area (Å²) in [6.45, 7) is -0.494. The maximum Gasteiger partial charge on any atom is 0.264 e. The molecule has 1 N–H and O–H groups in total. The molecule has 1 amide bonds. The summed E-state index contributed by atoms with van der Waals surface area (Å²) in [5, 5.41) is 3.08. The van der Waals surface area contributed by atoms with Crippen LogP contribution in [0.25, 0.3) is 0 Å². The van der Waals surface area contributed by atoms with Gasteiger partial charge in [0.1, 0.15) is 12.3 Å².